The molecular weight excluding hydrogens is 440 g/mol. The normalized spacial score (nSPS) is 23.0. The first-order valence-corrected chi connectivity index (χ1v) is 11.8. The van der Waals surface area contributed by atoms with Crippen LogP contribution < -0.4 is 10.6 Å². The van der Waals surface area contributed by atoms with Gasteiger partial charge in [-0.15, -0.1) is 6.58 Å². The molecule has 6 heteroatoms. The summed E-state index contributed by atoms with van der Waals surface area (Å²) in [5, 5.41) is 5.89. The third kappa shape index (κ3) is 8.10. The number of carbonyl (C=O) groups excluding carboxylic acids is 3. The van der Waals surface area contributed by atoms with Gasteiger partial charge in [-0.3, -0.25) is 14.4 Å². The second-order valence-electron chi connectivity index (χ2n) is 8.55. The van der Waals surface area contributed by atoms with Crippen molar-refractivity contribution in [3.05, 3.63) is 102 Å². The lowest BCUT2D eigenvalue weighted by Crippen LogP contribution is -2.50. The minimum absolute atomic E-state index is 0.0717. The predicted octanol–water partition coefficient (Wildman–Crippen LogP) is 4.13. The Morgan fingerprint density at radius 3 is 2.46 bits per heavy atom. The van der Waals surface area contributed by atoms with Gasteiger partial charge in [0.1, 0.15) is 12.6 Å². The van der Waals surface area contributed by atoms with Crippen molar-refractivity contribution in [2.24, 2.45) is 5.92 Å². The Morgan fingerprint density at radius 2 is 1.71 bits per heavy atom. The molecule has 35 heavy (non-hydrogen) atoms. The fraction of sp³-hybridized carbons (Fsp3) is 0.276. The topological polar surface area (TPSA) is 84.5 Å². The molecule has 2 N–H and O–H groups in total. The number of esters is 1. The van der Waals surface area contributed by atoms with Crippen LogP contribution in [-0.4, -0.2) is 29.9 Å². The molecule has 2 aromatic carbocycles. The highest BCUT2D eigenvalue weighted by Crippen LogP contribution is 2.14. The first kappa shape index (κ1) is 25.7. The molecule has 0 fully saturated rings. The average molecular weight is 473 g/mol. The van der Waals surface area contributed by atoms with Crippen molar-refractivity contribution in [1.29, 1.82) is 0 Å². The van der Waals surface area contributed by atoms with Crippen LogP contribution in [0.4, 0.5) is 0 Å². The molecule has 3 atom stereocenters. The van der Waals surface area contributed by atoms with Crippen LogP contribution in [0.1, 0.15) is 36.5 Å². The lowest BCUT2D eigenvalue weighted by atomic mass is 9.98. The second-order valence-corrected chi connectivity index (χ2v) is 8.55. The number of amides is 2. The van der Waals surface area contributed by atoms with E-state index in [1.54, 1.807) is 12.2 Å². The van der Waals surface area contributed by atoms with E-state index >= 15 is 0 Å². The van der Waals surface area contributed by atoms with Gasteiger partial charge in [0.05, 0.1) is 18.9 Å². The molecule has 1 heterocycles. The van der Waals surface area contributed by atoms with Crippen LogP contribution in [0.15, 0.2) is 85.5 Å². The quantitative estimate of drug-likeness (QED) is 0.518. The fourth-order valence-corrected chi connectivity index (χ4v) is 3.80. The van der Waals surface area contributed by atoms with E-state index in [1.165, 1.54) is 0 Å². The maximum Gasteiger partial charge on any atom is 0.309 e. The highest BCUT2D eigenvalue weighted by atomic mass is 16.5. The molecule has 0 radical (unpaired) electrons. The molecule has 1 aliphatic rings. The summed E-state index contributed by atoms with van der Waals surface area (Å²) in [4.78, 5) is 38.3. The van der Waals surface area contributed by atoms with Crippen LogP contribution in [0.2, 0.25) is 0 Å². The molecule has 0 saturated heterocycles. The van der Waals surface area contributed by atoms with Gasteiger partial charge in [-0.05, 0) is 29.0 Å². The smallest absolute Gasteiger partial charge is 0.309 e. The Balaban J connectivity index is 1.87. The minimum atomic E-state index is -0.748. The van der Waals surface area contributed by atoms with E-state index in [4.69, 9.17) is 4.74 Å². The summed E-state index contributed by atoms with van der Waals surface area (Å²) in [7, 11) is 0. The molecule has 3 rings (SSSR count). The number of benzene rings is 2. The summed E-state index contributed by atoms with van der Waals surface area (Å²) in [5.41, 5.74) is 2.51. The summed E-state index contributed by atoms with van der Waals surface area (Å²) >= 11 is 0. The van der Waals surface area contributed by atoms with E-state index in [-0.39, 0.29) is 49.2 Å². The van der Waals surface area contributed by atoms with Gasteiger partial charge in [0.25, 0.3) is 0 Å². The Hall–Kier alpha value is -3.93. The number of carbonyl (C=O) groups is 3. The van der Waals surface area contributed by atoms with E-state index in [0.29, 0.717) is 6.42 Å². The van der Waals surface area contributed by atoms with Crippen molar-refractivity contribution in [1.82, 2.24) is 10.6 Å². The van der Waals surface area contributed by atoms with E-state index in [2.05, 4.69) is 17.2 Å². The maximum atomic E-state index is 13.2. The highest BCUT2D eigenvalue weighted by Gasteiger charge is 2.24. The molecule has 1 aliphatic heterocycles. The average Bonchev–Trinajstić information content (AvgIpc) is 2.85. The van der Waals surface area contributed by atoms with Crippen LogP contribution in [-0.2, 0) is 32.1 Å². The first-order chi connectivity index (χ1) is 17.0. The molecule has 0 saturated carbocycles. The summed E-state index contributed by atoms with van der Waals surface area (Å²) in [6, 6.07) is 16.0. The van der Waals surface area contributed by atoms with Gasteiger partial charge in [-0.2, -0.15) is 0 Å². The Kier molecular flexibility index (Phi) is 9.60. The molecule has 0 bridgehead atoms. The Labute approximate surface area is 206 Å². The highest BCUT2D eigenvalue weighted by molar-refractivity contribution is 5.89. The van der Waals surface area contributed by atoms with Gasteiger partial charge >= 0.3 is 5.97 Å². The molecule has 0 spiro atoms. The SMILES string of the molecule is C=CC[C@@H]1NC(=O)Cc2ccccc2COC(=O)C/C=C/[C@@H](C)[C@@H](/C=C/c2ccccc2)NC1=O. The standard InChI is InChI=1S/C29H32N2O4/c1-3-10-26-29(34)31-25(18-17-22-12-5-4-6-13-22)21(2)11-9-16-28(33)35-20-24-15-8-7-14-23(24)19-27(32)30-26/h3-9,11-15,17-18,21,25-26H,1,10,16,19-20H2,2H3,(H,30,32)(H,31,34)/b11-9+,18-17+/t21-,25-,26+/m1/s1. The lowest BCUT2D eigenvalue weighted by molar-refractivity contribution is -0.143. The molecule has 6 nitrogen and oxygen atoms in total. The predicted molar refractivity (Wildman–Crippen MR) is 137 cm³/mol. The van der Waals surface area contributed by atoms with Gasteiger partial charge in [0, 0.05) is 0 Å². The number of fused-ring (bicyclic) bond motifs is 1. The van der Waals surface area contributed by atoms with Crippen molar-refractivity contribution in [2.45, 2.75) is 44.9 Å². The zero-order chi connectivity index (χ0) is 25.0. The maximum absolute atomic E-state index is 13.2. The number of rotatable bonds is 4. The third-order valence-corrected chi connectivity index (χ3v) is 5.81. The van der Waals surface area contributed by atoms with E-state index < -0.39 is 6.04 Å². The van der Waals surface area contributed by atoms with Gasteiger partial charge in [0.15, 0.2) is 0 Å². The van der Waals surface area contributed by atoms with Gasteiger partial charge < -0.3 is 15.4 Å². The van der Waals surface area contributed by atoms with E-state index in [9.17, 15) is 14.4 Å². The van der Waals surface area contributed by atoms with Crippen LogP contribution in [0.25, 0.3) is 6.08 Å². The van der Waals surface area contributed by atoms with Crippen molar-refractivity contribution in [3.8, 4) is 0 Å². The zero-order valence-corrected chi connectivity index (χ0v) is 20.0. The Bertz CT molecular complexity index is 1090. The van der Waals surface area contributed by atoms with E-state index in [0.717, 1.165) is 16.7 Å². The number of cyclic esters (lactones) is 1. The second kappa shape index (κ2) is 13.1. The lowest BCUT2D eigenvalue weighted by Gasteiger charge is -2.24. The minimum Gasteiger partial charge on any atom is -0.461 e. The number of hydrogen-bond acceptors (Lipinski definition) is 4. The van der Waals surface area contributed by atoms with E-state index in [1.807, 2.05) is 79.7 Å². The number of hydrogen-bond donors (Lipinski definition) is 2. The van der Waals surface area contributed by atoms with Crippen molar-refractivity contribution < 1.29 is 19.1 Å². The molecule has 0 aliphatic carbocycles. The molecule has 0 aromatic heterocycles. The number of ether oxygens (including phenoxy) is 1. The first-order valence-electron chi connectivity index (χ1n) is 11.8. The monoisotopic (exact) mass is 472 g/mol. The molecular formula is C29H32N2O4. The van der Waals surface area contributed by atoms with Gasteiger partial charge in [0.2, 0.25) is 11.8 Å². The summed E-state index contributed by atoms with van der Waals surface area (Å²) in [6.45, 7) is 5.79. The summed E-state index contributed by atoms with van der Waals surface area (Å²) in [5.74, 6) is -1.05. The molecule has 182 valence electrons. The molecule has 2 amide bonds. The number of nitrogens with one attached hydrogen (secondary N) is 2. The van der Waals surface area contributed by atoms with Crippen LogP contribution >= 0.6 is 0 Å². The molecule has 0 unspecified atom stereocenters. The van der Waals surface area contributed by atoms with Crippen molar-refractivity contribution in [2.75, 3.05) is 0 Å². The fourth-order valence-electron chi connectivity index (χ4n) is 3.80. The van der Waals surface area contributed by atoms with Crippen molar-refractivity contribution in [3.63, 3.8) is 0 Å². The zero-order valence-electron chi connectivity index (χ0n) is 20.0. The van der Waals surface area contributed by atoms with Gasteiger partial charge in [-0.1, -0.05) is 91.9 Å². The Morgan fingerprint density at radius 1 is 1.00 bits per heavy atom. The molecule has 2 aromatic rings. The van der Waals surface area contributed by atoms with Crippen LogP contribution in [0.5, 0.6) is 0 Å². The largest absolute Gasteiger partial charge is 0.461 e. The van der Waals surface area contributed by atoms with Gasteiger partial charge in [-0.25, -0.2) is 0 Å². The van der Waals surface area contributed by atoms with Crippen LogP contribution in [0, 0.1) is 5.92 Å². The summed E-state index contributed by atoms with van der Waals surface area (Å²) in [6.07, 6.45) is 9.64. The summed E-state index contributed by atoms with van der Waals surface area (Å²) < 4.78 is 5.43. The van der Waals surface area contributed by atoms with Crippen molar-refractivity contribution >= 4 is 23.9 Å². The third-order valence-electron chi connectivity index (χ3n) is 5.81. The van der Waals surface area contributed by atoms with Crippen LogP contribution in [0.3, 0.4) is 0 Å².